The van der Waals surface area contributed by atoms with Crippen molar-refractivity contribution in [3.8, 4) is 0 Å². The summed E-state index contributed by atoms with van der Waals surface area (Å²) in [6.07, 6.45) is 1.70. The number of fused-ring (bicyclic) bond motifs is 1. The first-order valence-electron chi connectivity index (χ1n) is 5.34. The van der Waals surface area contributed by atoms with E-state index in [1.807, 2.05) is 25.1 Å². The molecular formula is C12H16N2O. The predicted octanol–water partition coefficient (Wildman–Crippen LogP) is 0.923. The Hall–Kier alpha value is -1.35. The lowest BCUT2D eigenvalue weighted by Gasteiger charge is -2.27. The summed E-state index contributed by atoms with van der Waals surface area (Å²) >= 11 is 0. The smallest absolute Gasteiger partial charge is 0.242 e. The number of nitrogens with two attached hydrogens (primary N) is 1. The molecule has 15 heavy (non-hydrogen) atoms. The van der Waals surface area contributed by atoms with Crippen LogP contribution in [-0.2, 0) is 16.8 Å². The number of carbonyl (C=O) groups is 1. The van der Waals surface area contributed by atoms with E-state index in [9.17, 15) is 4.79 Å². The summed E-state index contributed by atoms with van der Waals surface area (Å²) in [6, 6.07) is 8.02. The number of likely N-dealkylation sites (N-methyl/N-ethyl adjacent to an activating group) is 1. The van der Waals surface area contributed by atoms with Crippen LogP contribution in [0.5, 0.6) is 0 Å². The van der Waals surface area contributed by atoms with Crippen LogP contribution < -0.4 is 11.1 Å². The van der Waals surface area contributed by atoms with E-state index in [-0.39, 0.29) is 5.91 Å². The molecule has 0 aliphatic heterocycles. The molecular weight excluding hydrogens is 188 g/mol. The highest BCUT2D eigenvalue weighted by molar-refractivity contribution is 5.87. The van der Waals surface area contributed by atoms with Gasteiger partial charge in [-0.25, -0.2) is 0 Å². The van der Waals surface area contributed by atoms with E-state index in [1.54, 1.807) is 0 Å². The highest BCUT2D eigenvalue weighted by Gasteiger charge is 2.42. The topological polar surface area (TPSA) is 55.1 Å². The zero-order valence-electron chi connectivity index (χ0n) is 8.92. The summed E-state index contributed by atoms with van der Waals surface area (Å²) in [7, 11) is 0. The number of hydrogen-bond acceptors (Lipinski definition) is 2. The number of hydrogen-bond donors (Lipinski definition) is 2. The molecule has 0 spiro atoms. The van der Waals surface area contributed by atoms with E-state index in [1.165, 1.54) is 5.56 Å². The molecule has 1 unspecified atom stereocenters. The monoisotopic (exact) mass is 204 g/mol. The third kappa shape index (κ3) is 1.43. The van der Waals surface area contributed by atoms with Crippen molar-refractivity contribution in [2.75, 3.05) is 6.54 Å². The fourth-order valence-corrected chi connectivity index (χ4v) is 2.44. The minimum Gasteiger partial charge on any atom is -0.368 e. The Balaban J connectivity index is 2.49. The Labute approximate surface area is 89.7 Å². The summed E-state index contributed by atoms with van der Waals surface area (Å²) in [5.74, 6) is -0.269. The summed E-state index contributed by atoms with van der Waals surface area (Å²) in [5.41, 5.74) is 7.19. The number of primary amides is 1. The second kappa shape index (κ2) is 3.66. The summed E-state index contributed by atoms with van der Waals surface area (Å²) < 4.78 is 0. The van der Waals surface area contributed by atoms with E-state index in [0.29, 0.717) is 0 Å². The van der Waals surface area contributed by atoms with E-state index >= 15 is 0 Å². The summed E-state index contributed by atoms with van der Waals surface area (Å²) in [4.78, 5) is 11.6. The Morgan fingerprint density at radius 2 is 2.27 bits per heavy atom. The quantitative estimate of drug-likeness (QED) is 0.769. The molecule has 0 aromatic heterocycles. The van der Waals surface area contributed by atoms with Crippen LogP contribution in [0.2, 0.25) is 0 Å². The van der Waals surface area contributed by atoms with Crippen molar-refractivity contribution < 1.29 is 4.79 Å². The van der Waals surface area contributed by atoms with Gasteiger partial charge in [-0.15, -0.1) is 0 Å². The Kier molecular flexibility index (Phi) is 2.49. The van der Waals surface area contributed by atoms with Crippen LogP contribution in [0.3, 0.4) is 0 Å². The molecule has 1 atom stereocenters. The van der Waals surface area contributed by atoms with Gasteiger partial charge in [0.05, 0.1) is 0 Å². The molecule has 3 nitrogen and oxygen atoms in total. The second-order valence-corrected chi connectivity index (χ2v) is 3.96. The molecule has 2 rings (SSSR count). The first kappa shape index (κ1) is 10.2. The SMILES string of the molecule is CCNC1(C(N)=O)CCc2ccccc21. The minimum absolute atomic E-state index is 0.269. The molecule has 1 amide bonds. The van der Waals surface area contributed by atoms with Gasteiger partial charge in [0.1, 0.15) is 5.54 Å². The summed E-state index contributed by atoms with van der Waals surface area (Å²) in [5, 5.41) is 3.24. The third-order valence-electron chi connectivity index (χ3n) is 3.15. The Morgan fingerprint density at radius 3 is 2.93 bits per heavy atom. The van der Waals surface area contributed by atoms with Crippen LogP contribution in [0.4, 0.5) is 0 Å². The van der Waals surface area contributed by atoms with Crippen molar-refractivity contribution in [3.05, 3.63) is 35.4 Å². The van der Waals surface area contributed by atoms with E-state index in [2.05, 4.69) is 11.4 Å². The first-order valence-corrected chi connectivity index (χ1v) is 5.34. The highest BCUT2D eigenvalue weighted by Crippen LogP contribution is 2.36. The molecule has 80 valence electrons. The molecule has 1 aliphatic carbocycles. The van der Waals surface area contributed by atoms with E-state index in [4.69, 9.17) is 5.73 Å². The number of benzene rings is 1. The lowest BCUT2D eigenvalue weighted by Crippen LogP contribution is -2.51. The lowest BCUT2D eigenvalue weighted by molar-refractivity contribution is -0.124. The van der Waals surface area contributed by atoms with Gasteiger partial charge in [-0.05, 0) is 30.5 Å². The maximum absolute atomic E-state index is 11.6. The Morgan fingerprint density at radius 1 is 1.53 bits per heavy atom. The zero-order chi connectivity index (χ0) is 10.9. The van der Waals surface area contributed by atoms with Gasteiger partial charge in [0.25, 0.3) is 0 Å². The molecule has 0 saturated carbocycles. The van der Waals surface area contributed by atoms with Crippen molar-refractivity contribution in [1.29, 1.82) is 0 Å². The molecule has 0 radical (unpaired) electrons. The van der Waals surface area contributed by atoms with Crippen LogP contribution in [0.25, 0.3) is 0 Å². The van der Waals surface area contributed by atoms with Gasteiger partial charge in [-0.2, -0.15) is 0 Å². The number of amides is 1. The maximum atomic E-state index is 11.6. The van der Waals surface area contributed by atoms with Gasteiger partial charge in [0, 0.05) is 0 Å². The van der Waals surface area contributed by atoms with Gasteiger partial charge in [-0.3, -0.25) is 10.1 Å². The molecule has 3 heteroatoms. The summed E-state index contributed by atoms with van der Waals surface area (Å²) in [6.45, 7) is 2.74. The second-order valence-electron chi connectivity index (χ2n) is 3.96. The van der Waals surface area contributed by atoms with Crippen LogP contribution >= 0.6 is 0 Å². The molecule has 0 heterocycles. The van der Waals surface area contributed by atoms with Crippen molar-refractivity contribution in [2.45, 2.75) is 25.3 Å². The number of rotatable bonds is 3. The van der Waals surface area contributed by atoms with Crippen LogP contribution in [0.1, 0.15) is 24.5 Å². The molecule has 1 aromatic rings. The molecule has 3 N–H and O–H groups in total. The molecule has 1 aromatic carbocycles. The van der Waals surface area contributed by atoms with Gasteiger partial charge in [-0.1, -0.05) is 31.2 Å². The van der Waals surface area contributed by atoms with Gasteiger partial charge in [0.2, 0.25) is 5.91 Å². The fourth-order valence-electron chi connectivity index (χ4n) is 2.44. The third-order valence-corrected chi connectivity index (χ3v) is 3.15. The number of carbonyl (C=O) groups excluding carboxylic acids is 1. The van der Waals surface area contributed by atoms with Crippen molar-refractivity contribution in [1.82, 2.24) is 5.32 Å². The van der Waals surface area contributed by atoms with Crippen LogP contribution in [0.15, 0.2) is 24.3 Å². The fraction of sp³-hybridized carbons (Fsp3) is 0.417. The lowest BCUT2D eigenvalue weighted by atomic mass is 9.91. The average molecular weight is 204 g/mol. The van der Waals surface area contributed by atoms with Crippen LogP contribution in [-0.4, -0.2) is 12.5 Å². The standard InChI is InChI=1S/C12H16N2O/c1-2-14-12(11(13)15)8-7-9-5-3-4-6-10(9)12/h3-6,14H,2,7-8H2,1H3,(H2,13,15). The molecule has 0 saturated heterocycles. The van der Waals surface area contributed by atoms with Crippen LogP contribution in [0, 0.1) is 0 Å². The number of nitrogens with one attached hydrogen (secondary N) is 1. The average Bonchev–Trinajstić information content (AvgIpc) is 2.60. The molecule has 0 fully saturated rings. The maximum Gasteiger partial charge on any atom is 0.242 e. The number of aryl methyl sites for hydroxylation is 1. The zero-order valence-corrected chi connectivity index (χ0v) is 8.92. The van der Waals surface area contributed by atoms with Crippen molar-refractivity contribution >= 4 is 5.91 Å². The van der Waals surface area contributed by atoms with E-state index < -0.39 is 5.54 Å². The first-order chi connectivity index (χ1) is 7.20. The molecule has 0 bridgehead atoms. The van der Waals surface area contributed by atoms with Crippen molar-refractivity contribution in [2.24, 2.45) is 5.73 Å². The van der Waals surface area contributed by atoms with Gasteiger partial charge >= 0.3 is 0 Å². The predicted molar refractivity (Wildman–Crippen MR) is 59.3 cm³/mol. The van der Waals surface area contributed by atoms with Crippen molar-refractivity contribution in [3.63, 3.8) is 0 Å². The Bertz CT molecular complexity index is 385. The van der Waals surface area contributed by atoms with E-state index in [0.717, 1.165) is 24.9 Å². The minimum atomic E-state index is -0.634. The van der Waals surface area contributed by atoms with Gasteiger partial charge in [0.15, 0.2) is 0 Å². The largest absolute Gasteiger partial charge is 0.368 e. The molecule has 1 aliphatic rings. The highest BCUT2D eigenvalue weighted by atomic mass is 16.1. The van der Waals surface area contributed by atoms with Gasteiger partial charge < -0.3 is 5.73 Å². The normalized spacial score (nSPS) is 23.8.